The van der Waals surface area contributed by atoms with Gasteiger partial charge in [0.25, 0.3) is 0 Å². The summed E-state index contributed by atoms with van der Waals surface area (Å²) in [6.45, 7) is 1.62. The van der Waals surface area contributed by atoms with Crippen LogP contribution >= 0.6 is 11.6 Å². The van der Waals surface area contributed by atoms with Gasteiger partial charge in [-0.2, -0.15) is 0 Å². The van der Waals surface area contributed by atoms with Gasteiger partial charge in [0.15, 0.2) is 0 Å². The average Bonchev–Trinajstić information content (AvgIpc) is 2.39. The van der Waals surface area contributed by atoms with Crippen LogP contribution < -0.4 is 10.5 Å². The molecule has 0 amide bonds. The summed E-state index contributed by atoms with van der Waals surface area (Å²) in [6.07, 6.45) is 2.04. The first-order valence-corrected chi connectivity index (χ1v) is 6.27. The van der Waals surface area contributed by atoms with E-state index in [2.05, 4.69) is 0 Å². The Bertz CT molecular complexity index is 378. The molecule has 0 spiro atoms. The summed E-state index contributed by atoms with van der Waals surface area (Å²) in [5.74, 6) is 1.17. The smallest absolute Gasteiger partial charge is 0.137 e. The number of nitrogens with two attached hydrogens (primary N) is 1. The molecule has 0 aliphatic carbocycles. The van der Waals surface area contributed by atoms with E-state index in [4.69, 9.17) is 26.8 Å². The van der Waals surface area contributed by atoms with E-state index < -0.39 is 0 Å². The molecule has 2 rings (SSSR count). The Balaban J connectivity index is 2.15. The molecule has 0 bridgehead atoms. The summed E-state index contributed by atoms with van der Waals surface area (Å²) < 4.78 is 10.6. The predicted molar refractivity (Wildman–Crippen MR) is 68.5 cm³/mol. The van der Waals surface area contributed by atoms with Crippen LogP contribution in [0.15, 0.2) is 18.2 Å². The summed E-state index contributed by atoms with van der Waals surface area (Å²) in [6, 6.07) is 5.78. The fourth-order valence-electron chi connectivity index (χ4n) is 2.23. The summed E-state index contributed by atoms with van der Waals surface area (Å²) in [5.41, 5.74) is 7.37. The predicted octanol–water partition coefficient (Wildman–Crippen LogP) is 2.78. The number of benzene rings is 1. The highest BCUT2D eigenvalue weighted by Gasteiger charge is 2.22. The minimum absolute atomic E-state index is 0.0325. The highest BCUT2D eigenvalue weighted by Crippen LogP contribution is 2.32. The maximum absolute atomic E-state index is 6.29. The molecule has 1 aromatic carbocycles. The van der Waals surface area contributed by atoms with Crippen LogP contribution in [0.4, 0.5) is 0 Å². The normalized spacial score (nSPS) is 19.0. The molecule has 1 unspecified atom stereocenters. The Hall–Kier alpha value is -0.770. The van der Waals surface area contributed by atoms with Crippen LogP contribution in [-0.4, -0.2) is 20.3 Å². The van der Waals surface area contributed by atoms with Gasteiger partial charge in [0.1, 0.15) is 5.75 Å². The van der Waals surface area contributed by atoms with Crippen molar-refractivity contribution >= 4 is 11.6 Å². The van der Waals surface area contributed by atoms with Gasteiger partial charge in [-0.05, 0) is 36.5 Å². The fourth-order valence-corrected chi connectivity index (χ4v) is 2.43. The molecule has 1 atom stereocenters. The molecule has 1 aliphatic heterocycles. The maximum atomic E-state index is 6.29. The van der Waals surface area contributed by atoms with Gasteiger partial charge in [-0.1, -0.05) is 17.7 Å². The molecule has 0 radical (unpaired) electrons. The van der Waals surface area contributed by atoms with Gasteiger partial charge in [0.2, 0.25) is 0 Å². The molecule has 2 N–H and O–H groups in total. The molecule has 17 heavy (non-hydrogen) atoms. The van der Waals surface area contributed by atoms with Crippen LogP contribution in [-0.2, 0) is 4.74 Å². The Labute approximate surface area is 107 Å². The van der Waals surface area contributed by atoms with E-state index in [1.807, 2.05) is 18.2 Å². The molecule has 1 saturated heterocycles. The zero-order chi connectivity index (χ0) is 12.3. The van der Waals surface area contributed by atoms with Crippen molar-refractivity contribution in [2.75, 3.05) is 20.3 Å². The lowest BCUT2D eigenvalue weighted by Crippen LogP contribution is -2.27. The van der Waals surface area contributed by atoms with Crippen molar-refractivity contribution in [3.63, 3.8) is 0 Å². The largest absolute Gasteiger partial charge is 0.495 e. The molecule has 1 aromatic rings. The summed E-state index contributed by atoms with van der Waals surface area (Å²) in [4.78, 5) is 0. The Morgan fingerprint density at radius 3 is 2.76 bits per heavy atom. The number of methoxy groups -OCH3 is 1. The monoisotopic (exact) mass is 255 g/mol. The topological polar surface area (TPSA) is 44.5 Å². The first-order chi connectivity index (χ1) is 8.22. The zero-order valence-electron chi connectivity index (χ0n) is 9.99. The van der Waals surface area contributed by atoms with E-state index in [0.717, 1.165) is 31.6 Å². The molecular formula is C13H18ClNO2. The van der Waals surface area contributed by atoms with E-state index in [9.17, 15) is 0 Å². The van der Waals surface area contributed by atoms with Gasteiger partial charge in [-0.25, -0.2) is 0 Å². The minimum atomic E-state index is 0.0325. The van der Waals surface area contributed by atoms with Crippen LogP contribution in [0.2, 0.25) is 5.02 Å². The Kier molecular flexibility index (Phi) is 4.26. The first-order valence-electron chi connectivity index (χ1n) is 5.89. The third-order valence-corrected chi connectivity index (χ3v) is 3.65. The summed E-state index contributed by atoms with van der Waals surface area (Å²) >= 11 is 6.00. The second-order valence-electron chi connectivity index (χ2n) is 4.37. The number of ether oxygens (including phenoxy) is 2. The van der Waals surface area contributed by atoms with Crippen molar-refractivity contribution in [1.29, 1.82) is 0 Å². The lowest BCUT2D eigenvalue weighted by molar-refractivity contribution is 0.0583. The van der Waals surface area contributed by atoms with Crippen LogP contribution in [0.5, 0.6) is 5.75 Å². The van der Waals surface area contributed by atoms with E-state index in [1.54, 1.807) is 7.11 Å². The molecular weight excluding hydrogens is 238 g/mol. The number of hydrogen-bond donors (Lipinski definition) is 1. The first kappa shape index (κ1) is 12.7. The van der Waals surface area contributed by atoms with Crippen molar-refractivity contribution in [2.24, 2.45) is 11.7 Å². The van der Waals surface area contributed by atoms with Crippen LogP contribution in [0.25, 0.3) is 0 Å². The number of hydrogen-bond acceptors (Lipinski definition) is 3. The fraction of sp³-hybridized carbons (Fsp3) is 0.538. The van der Waals surface area contributed by atoms with Crippen LogP contribution in [0, 0.1) is 5.92 Å². The van der Waals surface area contributed by atoms with Crippen molar-refractivity contribution in [2.45, 2.75) is 18.9 Å². The highest BCUT2D eigenvalue weighted by molar-refractivity contribution is 6.32. The second kappa shape index (κ2) is 5.71. The summed E-state index contributed by atoms with van der Waals surface area (Å²) in [5, 5.41) is 0.621. The lowest BCUT2D eigenvalue weighted by Gasteiger charge is -2.28. The van der Waals surface area contributed by atoms with Gasteiger partial charge in [-0.15, -0.1) is 0 Å². The second-order valence-corrected chi connectivity index (χ2v) is 4.78. The molecule has 4 heteroatoms. The molecule has 3 nitrogen and oxygen atoms in total. The number of halogens is 1. The van der Waals surface area contributed by atoms with Crippen LogP contribution in [0.3, 0.4) is 0 Å². The van der Waals surface area contributed by atoms with Crippen LogP contribution in [0.1, 0.15) is 24.4 Å². The van der Waals surface area contributed by atoms with Gasteiger partial charge in [0.05, 0.1) is 12.1 Å². The van der Waals surface area contributed by atoms with E-state index in [-0.39, 0.29) is 6.04 Å². The SMILES string of the molecule is COc1cc(C(N)C2CCOCC2)ccc1Cl. The lowest BCUT2D eigenvalue weighted by atomic mass is 9.88. The van der Waals surface area contributed by atoms with Crippen molar-refractivity contribution in [3.8, 4) is 5.75 Å². The van der Waals surface area contributed by atoms with Crippen molar-refractivity contribution < 1.29 is 9.47 Å². The summed E-state index contributed by atoms with van der Waals surface area (Å²) in [7, 11) is 1.62. The Morgan fingerprint density at radius 2 is 2.12 bits per heavy atom. The average molecular weight is 256 g/mol. The molecule has 1 fully saturated rings. The third kappa shape index (κ3) is 2.92. The van der Waals surface area contributed by atoms with E-state index in [0.29, 0.717) is 16.7 Å². The molecule has 0 aromatic heterocycles. The van der Waals surface area contributed by atoms with E-state index >= 15 is 0 Å². The van der Waals surface area contributed by atoms with Gasteiger partial charge >= 0.3 is 0 Å². The minimum Gasteiger partial charge on any atom is -0.495 e. The molecule has 1 heterocycles. The molecule has 1 aliphatic rings. The van der Waals surface area contributed by atoms with Gasteiger partial charge in [0, 0.05) is 19.3 Å². The van der Waals surface area contributed by atoms with Crippen molar-refractivity contribution in [3.05, 3.63) is 28.8 Å². The Morgan fingerprint density at radius 1 is 1.41 bits per heavy atom. The number of rotatable bonds is 3. The third-order valence-electron chi connectivity index (χ3n) is 3.33. The van der Waals surface area contributed by atoms with E-state index in [1.165, 1.54) is 0 Å². The van der Waals surface area contributed by atoms with Crippen molar-refractivity contribution in [1.82, 2.24) is 0 Å². The zero-order valence-corrected chi connectivity index (χ0v) is 10.7. The maximum Gasteiger partial charge on any atom is 0.137 e. The van der Waals surface area contributed by atoms with Gasteiger partial charge in [-0.3, -0.25) is 0 Å². The highest BCUT2D eigenvalue weighted by atomic mass is 35.5. The molecule has 0 saturated carbocycles. The quantitative estimate of drug-likeness (QED) is 0.903. The standard InChI is InChI=1S/C13H18ClNO2/c1-16-12-8-10(2-3-11(12)14)13(15)9-4-6-17-7-5-9/h2-3,8-9,13H,4-7,15H2,1H3. The van der Waals surface area contributed by atoms with Gasteiger partial charge < -0.3 is 15.2 Å². The molecule has 94 valence electrons.